The molecule has 1 N–H and O–H groups in total. The van der Waals surface area contributed by atoms with Crippen LogP contribution in [0.4, 0.5) is 28.6 Å². The molecule has 0 fully saturated rings. The predicted octanol–water partition coefficient (Wildman–Crippen LogP) is 7.65. The van der Waals surface area contributed by atoms with E-state index in [4.69, 9.17) is 4.74 Å². The van der Waals surface area contributed by atoms with Crippen molar-refractivity contribution >= 4 is 55.4 Å². The summed E-state index contributed by atoms with van der Waals surface area (Å²) >= 11 is 3.48. The van der Waals surface area contributed by atoms with Crippen molar-refractivity contribution in [1.82, 2.24) is 15.0 Å². The lowest BCUT2D eigenvalue weighted by atomic mass is 10.2. The zero-order valence-corrected chi connectivity index (χ0v) is 20.0. The number of aromatic nitrogens is 3. The number of hydrogen-bond acceptors (Lipinski definition) is 9. The SMILES string of the molecule is O=[N+]([O-])c1c(Nc2ccc(N=Nc3ccccc3)cc2)ncnc1Oc1ccc(Br)c2cccnc12. The highest BCUT2D eigenvalue weighted by Crippen LogP contribution is 2.38. The minimum Gasteiger partial charge on any atom is -0.431 e. The van der Waals surface area contributed by atoms with Crippen LogP contribution in [0.25, 0.3) is 10.9 Å². The van der Waals surface area contributed by atoms with Gasteiger partial charge in [-0.25, -0.2) is 4.98 Å². The Morgan fingerprint density at radius 3 is 2.36 bits per heavy atom. The average molecular weight is 542 g/mol. The van der Waals surface area contributed by atoms with Gasteiger partial charge < -0.3 is 10.1 Å². The Balaban J connectivity index is 1.41. The van der Waals surface area contributed by atoms with Crippen LogP contribution in [-0.4, -0.2) is 19.9 Å². The number of hydrogen-bond donors (Lipinski definition) is 1. The van der Waals surface area contributed by atoms with E-state index in [1.54, 1.807) is 48.7 Å². The van der Waals surface area contributed by atoms with Crippen LogP contribution in [0, 0.1) is 10.1 Å². The molecule has 2 heterocycles. The molecule has 10 nitrogen and oxygen atoms in total. The number of halogens is 1. The maximum absolute atomic E-state index is 12.0. The molecule has 0 atom stereocenters. The van der Waals surface area contributed by atoms with Gasteiger partial charge in [0.15, 0.2) is 5.75 Å². The second-order valence-electron chi connectivity index (χ2n) is 7.39. The van der Waals surface area contributed by atoms with Crippen LogP contribution in [0.1, 0.15) is 0 Å². The van der Waals surface area contributed by atoms with Gasteiger partial charge in [0, 0.05) is 21.7 Å². The first-order valence-electron chi connectivity index (χ1n) is 10.6. The number of nitro groups is 1. The van der Waals surface area contributed by atoms with Crippen LogP contribution in [0.15, 0.2) is 106 Å². The minimum absolute atomic E-state index is 0.0157. The lowest BCUT2D eigenvalue weighted by molar-refractivity contribution is -0.385. The number of ether oxygens (including phenoxy) is 1. The van der Waals surface area contributed by atoms with Gasteiger partial charge in [-0.2, -0.15) is 15.2 Å². The fourth-order valence-corrected chi connectivity index (χ4v) is 3.80. The van der Waals surface area contributed by atoms with Gasteiger partial charge in [0.1, 0.15) is 11.8 Å². The lowest BCUT2D eigenvalue weighted by Gasteiger charge is -2.11. The molecule has 5 rings (SSSR count). The first-order valence-corrected chi connectivity index (χ1v) is 11.4. The van der Waals surface area contributed by atoms with E-state index >= 15 is 0 Å². The molecule has 11 heteroatoms. The maximum Gasteiger partial charge on any atom is 0.373 e. The molecular weight excluding hydrogens is 526 g/mol. The summed E-state index contributed by atoms with van der Waals surface area (Å²) in [7, 11) is 0. The molecule has 0 amide bonds. The number of anilines is 2. The van der Waals surface area contributed by atoms with E-state index in [1.165, 1.54) is 6.33 Å². The third-order valence-corrected chi connectivity index (χ3v) is 5.72. The molecular formula is C25H16BrN7O3. The minimum atomic E-state index is -0.589. The molecule has 0 bridgehead atoms. The Morgan fingerprint density at radius 2 is 1.61 bits per heavy atom. The number of nitrogens with one attached hydrogen (secondary N) is 1. The topological polar surface area (TPSA) is 128 Å². The highest BCUT2D eigenvalue weighted by molar-refractivity contribution is 9.10. The third kappa shape index (κ3) is 5.00. The number of benzene rings is 3. The standard InChI is InChI=1S/C25H16BrN7O3/c26-20-12-13-21(22-19(20)7-4-14-27-22)36-25-23(33(34)35)24(28-15-29-25)30-16-8-10-18(11-9-16)32-31-17-5-2-1-3-6-17/h1-15H,(H,28,29,30). The van der Waals surface area contributed by atoms with Gasteiger partial charge >= 0.3 is 11.6 Å². The Morgan fingerprint density at radius 1 is 0.861 bits per heavy atom. The summed E-state index contributed by atoms with van der Waals surface area (Å²) in [6.07, 6.45) is 2.81. The van der Waals surface area contributed by atoms with Gasteiger partial charge in [-0.3, -0.25) is 15.1 Å². The molecule has 0 aliphatic heterocycles. The van der Waals surface area contributed by atoms with E-state index in [1.807, 2.05) is 36.4 Å². The Labute approximate surface area is 213 Å². The van der Waals surface area contributed by atoms with E-state index in [0.717, 1.165) is 15.5 Å². The van der Waals surface area contributed by atoms with E-state index in [9.17, 15) is 10.1 Å². The third-order valence-electron chi connectivity index (χ3n) is 5.02. The smallest absolute Gasteiger partial charge is 0.373 e. The van der Waals surface area contributed by atoms with Crippen LogP contribution < -0.4 is 10.1 Å². The molecule has 176 valence electrons. The van der Waals surface area contributed by atoms with Gasteiger partial charge in [-0.05, 0) is 54.6 Å². The maximum atomic E-state index is 12.0. The summed E-state index contributed by atoms with van der Waals surface area (Å²) in [5.41, 5.74) is 2.06. The number of pyridine rings is 1. The monoisotopic (exact) mass is 541 g/mol. The van der Waals surface area contributed by atoms with Crippen LogP contribution in [0.3, 0.4) is 0 Å². The Hall–Kier alpha value is -4.77. The van der Waals surface area contributed by atoms with Crippen LogP contribution in [0.2, 0.25) is 0 Å². The molecule has 0 aliphatic rings. The molecule has 0 spiro atoms. The molecule has 2 aromatic heterocycles. The van der Waals surface area contributed by atoms with Crippen molar-refractivity contribution in [3.05, 3.63) is 106 Å². The summed E-state index contributed by atoms with van der Waals surface area (Å²) in [5, 5.41) is 24.1. The molecule has 0 saturated carbocycles. The van der Waals surface area contributed by atoms with E-state index in [2.05, 4.69) is 46.4 Å². The first-order chi connectivity index (χ1) is 17.6. The summed E-state index contributed by atoms with van der Waals surface area (Å²) in [4.78, 5) is 23.8. The molecule has 3 aromatic carbocycles. The molecule has 0 radical (unpaired) electrons. The zero-order chi connectivity index (χ0) is 24.9. The quantitative estimate of drug-likeness (QED) is 0.127. The van der Waals surface area contributed by atoms with E-state index in [0.29, 0.717) is 22.6 Å². The zero-order valence-electron chi connectivity index (χ0n) is 18.4. The summed E-state index contributed by atoms with van der Waals surface area (Å²) in [5.74, 6) is 0.104. The van der Waals surface area contributed by atoms with Crippen molar-refractivity contribution in [3.8, 4) is 11.6 Å². The number of rotatable bonds is 7. The van der Waals surface area contributed by atoms with Gasteiger partial charge in [-0.15, -0.1) is 0 Å². The number of nitrogens with zero attached hydrogens (tertiary/aromatic N) is 6. The summed E-state index contributed by atoms with van der Waals surface area (Å²) in [6, 6.07) is 23.4. The van der Waals surface area contributed by atoms with Gasteiger partial charge in [0.05, 0.1) is 16.3 Å². The molecule has 0 aliphatic carbocycles. The van der Waals surface area contributed by atoms with Crippen molar-refractivity contribution in [1.29, 1.82) is 0 Å². The number of fused-ring (bicyclic) bond motifs is 1. The molecule has 0 saturated heterocycles. The number of azo groups is 1. The summed E-state index contributed by atoms with van der Waals surface area (Å²) in [6.45, 7) is 0. The Kier molecular flexibility index (Phi) is 6.54. The molecule has 36 heavy (non-hydrogen) atoms. The highest BCUT2D eigenvalue weighted by Gasteiger charge is 2.26. The predicted molar refractivity (Wildman–Crippen MR) is 139 cm³/mol. The van der Waals surface area contributed by atoms with E-state index in [-0.39, 0.29) is 11.7 Å². The van der Waals surface area contributed by atoms with Crippen LogP contribution in [0.5, 0.6) is 11.6 Å². The van der Waals surface area contributed by atoms with Crippen LogP contribution in [-0.2, 0) is 0 Å². The van der Waals surface area contributed by atoms with Crippen molar-refractivity contribution in [2.45, 2.75) is 0 Å². The lowest BCUT2D eigenvalue weighted by Crippen LogP contribution is -2.03. The fourth-order valence-electron chi connectivity index (χ4n) is 3.35. The van der Waals surface area contributed by atoms with Crippen molar-refractivity contribution in [2.24, 2.45) is 10.2 Å². The van der Waals surface area contributed by atoms with Crippen molar-refractivity contribution in [3.63, 3.8) is 0 Å². The van der Waals surface area contributed by atoms with Crippen molar-refractivity contribution in [2.75, 3.05) is 5.32 Å². The largest absolute Gasteiger partial charge is 0.431 e. The normalized spacial score (nSPS) is 11.0. The van der Waals surface area contributed by atoms with Gasteiger partial charge in [0.2, 0.25) is 5.82 Å². The second kappa shape index (κ2) is 10.2. The van der Waals surface area contributed by atoms with E-state index < -0.39 is 10.6 Å². The average Bonchev–Trinajstić information content (AvgIpc) is 2.90. The van der Waals surface area contributed by atoms with Gasteiger partial charge in [-0.1, -0.05) is 40.2 Å². The molecule has 5 aromatic rings. The fraction of sp³-hybridized carbons (Fsp3) is 0. The molecule has 0 unspecified atom stereocenters. The van der Waals surface area contributed by atoms with Crippen LogP contribution >= 0.6 is 15.9 Å². The first kappa shape index (κ1) is 23.0. The summed E-state index contributed by atoms with van der Waals surface area (Å²) < 4.78 is 6.69. The van der Waals surface area contributed by atoms with Gasteiger partial charge in [0.25, 0.3) is 0 Å². The van der Waals surface area contributed by atoms with Crippen molar-refractivity contribution < 1.29 is 9.66 Å². The Bertz CT molecular complexity index is 1580. The highest BCUT2D eigenvalue weighted by atomic mass is 79.9. The second-order valence-corrected chi connectivity index (χ2v) is 8.24.